The maximum atomic E-state index is 12.0. The molecule has 6 heteroatoms. The van der Waals surface area contributed by atoms with Crippen molar-refractivity contribution in [2.75, 3.05) is 6.61 Å². The molecular weight excluding hydrogens is 350 g/mol. The first-order valence-electron chi connectivity index (χ1n) is 8.56. The second-order valence-electron chi connectivity index (χ2n) is 6.01. The molecule has 1 aromatic heterocycles. The molecule has 0 spiro atoms. The number of esters is 1. The van der Waals surface area contributed by atoms with Crippen LogP contribution in [-0.2, 0) is 32.0 Å². The van der Waals surface area contributed by atoms with E-state index < -0.39 is 17.9 Å². The van der Waals surface area contributed by atoms with Gasteiger partial charge in [0, 0.05) is 11.3 Å². The Labute approximate surface area is 157 Å². The van der Waals surface area contributed by atoms with Crippen molar-refractivity contribution < 1.29 is 19.1 Å². The van der Waals surface area contributed by atoms with E-state index in [4.69, 9.17) is 4.74 Å². The summed E-state index contributed by atoms with van der Waals surface area (Å²) in [6.07, 6.45) is 2.19. The molecule has 0 saturated heterocycles. The number of benzene rings is 1. The van der Waals surface area contributed by atoms with Crippen molar-refractivity contribution >= 4 is 29.0 Å². The lowest BCUT2D eigenvalue weighted by Crippen LogP contribution is -2.43. The fraction of sp³-hybridized carbons (Fsp3) is 0.350. The molecule has 1 aromatic carbocycles. The van der Waals surface area contributed by atoms with Crippen LogP contribution < -0.4 is 5.32 Å². The van der Waals surface area contributed by atoms with E-state index in [0.717, 1.165) is 12.0 Å². The summed E-state index contributed by atoms with van der Waals surface area (Å²) in [5.41, 5.74) is 0.957. The van der Waals surface area contributed by atoms with Gasteiger partial charge in [-0.15, -0.1) is 11.3 Å². The minimum absolute atomic E-state index is 0.135. The fourth-order valence-electron chi connectivity index (χ4n) is 2.46. The molecule has 1 heterocycles. The number of hydrogen-bond acceptors (Lipinski definition) is 5. The molecule has 2 aromatic rings. The van der Waals surface area contributed by atoms with Crippen LogP contribution in [0.25, 0.3) is 0 Å². The molecule has 0 aliphatic heterocycles. The Morgan fingerprint density at radius 1 is 1.12 bits per heavy atom. The largest absolute Gasteiger partial charge is 0.456 e. The third-order valence-electron chi connectivity index (χ3n) is 3.86. The van der Waals surface area contributed by atoms with Gasteiger partial charge >= 0.3 is 5.97 Å². The van der Waals surface area contributed by atoms with E-state index in [2.05, 4.69) is 5.32 Å². The standard InChI is InChI=1S/C20H23NO4S/c1-15(22)18(13-16-7-3-2-4-8-16)21-19(23)14-25-20(24)11-5-9-17-10-6-12-26-17/h2-4,6-8,10,12,18H,5,9,11,13-14H2,1H3,(H,21,23)/t18-/m0/s1. The van der Waals surface area contributed by atoms with E-state index in [1.807, 2.05) is 47.8 Å². The minimum Gasteiger partial charge on any atom is -0.456 e. The van der Waals surface area contributed by atoms with Gasteiger partial charge in [-0.05, 0) is 43.2 Å². The first-order chi connectivity index (χ1) is 12.5. The van der Waals surface area contributed by atoms with E-state index in [9.17, 15) is 14.4 Å². The highest BCUT2D eigenvalue weighted by Crippen LogP contribution is 2.12. The van der Waals surface area contributed by atoms with Crippen LogP contribution in [0, 0.1) is 0 Å². The number of aryl methyl sites for hydroxylation is 1. The normalized spacial score (nSPS) is 11.6. The van der Waals surface area contributed by atoms with Gasteiger partial charge in [0.15, 0.2) is 12.4 Å². The van der Waals surface area contributed by atoms with Crippen LogP contribution in [0.5, 0.6) is 0 Å². The first-order valence-corrected chi connectivity index (χ1v) is 9.44. The predicted octanol–water partition coefficient (Wildman–Crippen LogP) is 2.93. The lowest BCUT2D eigenvalue weighted by atomic mass is 10.0. The van der Waals surface area contributed by atoms with Crippen LogP contribution in [0.4, 0.5) is 0 Å². The Balaban J connectivity index is 1.70. The summed E-state index contributed by atoms with van der Waals surface area (Å²) in [6, 6.07) is 12.8. The molecule has 5 nitrogen and oxygen atoms in total. The number of rotatable bonds is 10. The Bertz CT molecular complexity index is 713. The van der Waals surface area contributed by atoms with Crippen molar-refractivity contribution in [2.45, 2.75) is 38.6 Å². The van der Waals surface area contributed by atoms with Gasteiger partial charge in [-0.3, -0.25) is 14.4 Å². The van der Waals surface area contributed by atoms with Crippen LogP contribution >= 0.6 is 11.3 Å². The molecule has 0 aliphatic carbocycles. The molecule has 0 radical (unpaired) electrons. The summed E-state index contributed by atoms with van der Waals surface area (Å²) in [5, 5.41) is 4.63. The highest BCUT2D eigenvalue weighted by atomic mass is 32.1. The van der Waals surface area contributed by atoms with Gasteiger partial charge in [-0.2, -0.15) is 0 Å². The van der Waals surface area contributed by atoms with Crippen LogP contribution in [0.2, 0.25) is 0 Å². The van der Waals surface area contributed by atoms with Gasteiger partial charge < -0.3 is 10.1 Å². The Hall–Kier alpha value is -2.47. The average Bonchev–Trinajstić information content (AvgIpc) is 3.13. The molecular formula is C20H23NO4S. The lowest BCUT2D eigenvalue weighted by molar-refractivity contribution is -0.148. The SMILES string of the molecule is CC(=O)[C@H](Cc1ccccc1)NC(=O)COC(=O)CCCc1cccs1. The molecule has 0 unspecified atom stereocenters. The summed E-state index contributed by atoms with van der Waals surface area (Å²) < 4.78 is 5.00. The average molecular weight is 373 g/mol. The van der Waals surface area contributed by atoms with E-state index in [0.29, 0.717) is 12.8 Å². The third kappa shape index (κ3) is 7.19. The van der Waals surface area contributed by atoms with E-state index >= 15 is 0 Å². The number of ketones is 1. The number of hydrogen-bond donors (Lipinski definition) is 1. The number of Topliss-reactive ketones (excluding diaryl/α,β-unsaturated/α-hetero) is 1. The van der Waals surface area contributed by atoms with Gasteiger partial charge in [-0.1, -0.05) is 36.4 Å². The molecule has 1 atom stereocenters. The molecule has 1 N–H and O–H groups in total. The van der Waals surface area contributed by atoms with Crippen LogP contribution in [0.15, 0.2) is 47.8 Å². The molecule has 26 heavy (non-hydrogen) atoms. The van der Waals surface area contributed by atoms with Crippen molar-refractivity contribution in [3.8, 4) is 0 Å². The predicted molar refractivity (Wildman–Crippen MR) is 101 cm³/mol. The second kappa shape index (κ2) is 10.5. The smallest absolute Gasteiger partial charge is 0.306 e. The molecule has 0 aliphatic rings. The molecule has 1 amide bonds. The van der Waals surface area contributed by atoms with Crippen molar-refractivity contribution in [1.82, 2.24) is 5.32 Å². The molecule has 2 rings (SSSR count). The Kier molecular flexibility index (Phi) is 8.02. The van der Waals surface area contributed by atoms with E-state index in [-0.39, 0.29) is 18.8 Å². The third-order valence-corrected chi connectivity index (χ3v) is 4.79. The Morgan fingerprint density at radius 3 is 2.54 bits per heavy atom. The van der Waals surface area contributed by atoms with E-state index in [1.54, 1.807) is 11.3 Å². The van der Waals surface area contributed by atoms with Crippen molar-refractivity contribution in [3.05, 3.63) is 58.3 Å². The summed E-state index contributed by atoms with van der Waals surface area (Å²) in [5.74, 6) is -1.00. The maximum absolute atomic E-state index is 12.0. The number of ether oxygens (including phenoxy) is 1. The highest BCUT2D eigenvalue weighted by Gasteiger charge is 2.18. The fourth-order valence-corrected chi connectivity index (χ4v) is 3.21. The van der Waals surface area contributed by atoms with E-state index in [1.165, 1.54) is 11.8 Å². The molecule has 0 fully saturated rings. The number of nitrogens with one attached hydrogen (secondary N) is 1. The van der Waals surface area contributed by atoms with Crippen molar-refractivity contribution in [3.63, 3.8) is 0 Å². The quantitative estimate of drug-likeness (QED) is 0.650. The van der Waals surface area contributed by atoms with Crippen LogP contribution in [-0.4, -0.2) is 30.3 Å². The van der Waals surface area contributed by atoms with Gasteiger partial charge in [0.25, 0.3) is 5.91 Å². The van der Waals surface area contributed by atoms with Gasteiger partial charge in [0.2, 0.25) is 0 Å². The first kappa shape index (κ1) is 19.8. The zero-order chi connectivity index (χ0) is 18.8. The summed E-state index contributed by atoms with van der Waals surface area (Å²) in [6.45, 7) is 1.07. The van der Waals surface area contributed by atoms with Crippen molar-refractivity contribution in [1.29, 1.82) is 0 Å². The zero-order valence-corrected chi connectivity index (χ0v) is 15.6. The number of thiophene rings is 1. The molecule has 0 bridgehead atoms. The van der Waals surface area contributed by atoms with Gasteiger partial charge in [-0.25, -0.2) is 0 Å². The topological polar surface area (TPSA) is 72.5 Å². The number of carbonyl (C=O) groups is 3. The van der Waals surface area contributed by atoms with Crippen molar-refractivity contribution in [2.24, 2.45) is 0 Å². The Morgan fingerprint density at radius 2 is 1.88 bits per heavy atom. The summed E-state index contributed by atoms with van der Waals surface area (Å²) >= 11 is 1.65. The second-order valence-corrected chi connectivity index (χ2v) is 7.05. The lowest BCUT2D eigenvalue weighted by Gasteiger charge is -2.16. The zero-order valence-electron chi connectivity index (χ0n) is 14.8. The molecule has 0 saturated carbocycles. The number of amides is 1. The monoisotopic (exact) mass is 373 g/mol. The highest BCUT2D eigenvalue weighted by molar-refractivity contribution is 7.09. The van der Waals surface area contributed by atoms with Crippen LogP contribution in [0.3, 0.4) is 0 Å². The molecule has 138 valence electrons. The van der Waals surface area contributed by atoms with Crippen LogP contribution in [0.1, 0.15) is 30.2 Å². The number of carbonyl (C=O) groups excluding carboxylic acids is 3. The van der Waals surface area contributed by atoms with Gasteiger partial charge in [0.1, 0.15) is 0 Å². The summed E-state index contributed by atoms with van der Waals surface area (Å²) in [4.78, 5) is 36.7. The van der Waals surface area contributed by atoms with Gasteiger partial charge in [0.05, 0.1) is 6.04 Å². The summed E-state index contributed by atoms with van der Waals surface area (Å²) in [7, 11) is 0. The minimum atomic E-state index is -0.623. The maximum Gasteiger partial charge on any atom is 0.306 e.